The monoisotopic (exact) mass is 560 g/mol. The average Bonchev–Trinajstić information content (AvgIpc) is 3.19. The zero-order valence-corrected chi connectivity index (χ0v) is 21.4. The maximum atomic E-state index is 12.1. The number of thioether (sulfide) groups is 1. The molecule has 1 fully saturated rings. The summed E-state index contributed by atoms with van der Waals surface area (Å²) in [6.07, 6.45) is 0.537. The molecule has 5 rings (SSSR count). The van der Waals surface area contributed by atoms with E-state index in [0.717, 1.165) is 0 Å². The Balaban J connectivity index is 1.59. The molecule has 3 aromatic rings. The molecule has 192 valence electrons. The number of non-ortho nitro benzene ring substituents is 1. The molecule has 0 saturated heterocycles. The fraction of sp³-hybridized carbons (Fsp3) is 0.250. The van der Waals surface area contributed by atoms with Gasteiger partial charge in [-0.25, -0.2) is 13.6 Å². The number of benzene rings is 3. The van der Waals surface area contributed by atoms with E-state index in [1.54, 1.807) is 36.4 Å². The van der Waals surface area contributed by atoms with Gasteiger partial charge in [0, 0.05) is 35.1 Å². The highest BCUT2D eigenvalue weighted by Gasteiger charge is 2.50. The number of para-hydroxylation sites is 1. The number of nitro groups is 2. The highest BCUT2D eigenvalue weighted by atomic mass is 35.5. The van der Waals surface area contributed by atoms with Crippen molar-refractivity contribution < 1.29 is 18.3 Å². The molecule has 1 aliphatic carbocycles. The van der Waals surface area contributed by atoms with Gasteiger partial charge in [0.1, 0.15) is 0 Å². The van der Waals surface area contributed by atoms with Crippen LogP contribution in [0.4, 0.5) is 17.1 Å². The number of alkyl halides is 1. The quantitative estimate of drug-likeness (QED) is 0.237. The van der Waals surface area contributed by atoms with Crippen LogP contribution in [0.1, 0.15) is 29.5 Å². The second-order valence-corrected chi connectivity index (χ2v) is 12.4. The second-order valence-electron chi connectivity index (χ2n) is 9.02. The van der Waals surface area contributed by atoms with Gasteiger partial charge in [-0.1, -0.05) is 24.3 Å². The Labute approximate surface area is 221 Å². The van der Waals surface area contributed by atoms with Crippen LogP contribution >= 0.6 is 23.4 Å². The largest absolute Gasteiger partial charge is 0.378 e. The number of anilines is 1. The minimum Gasteiger partial charge on any atom is -0.378 e. The van der Waals surface area contributed by atoms with E-state index in [2.05, 4.69) is 5.32 Å². The lowest BCUT2D eigenvalue weighted by molar-refractivity contribution is -0.387. The Kier molecular flexibility index (Phi) is 6.61. The lowest BCUT2D eigenvalue weighted by atomic mass is 9.77. The molecule has 0 spiro atoms. The van der Waals surface area contributed by atoms with E-state index in [0.29, 0.717) is 28.1 Å². The van der Waals surface area contributed by atoms with Gasteiger partial charge in [0.15, 0.2) is 0 Å². The molecular formula is C24H21ClN4O6S2. The van der Waals surface area contributed by atoms with E-state index in [1.807, 2.05) is 0 Å². The predicted molar refractivity (Wildman–Crippen MR) is 141 cm³/mol. The fourth-order valence-corrected chi connectivity index (χ4v) is 7.80. The molecule has 1 heterocycles. The molecule has 13 heteroatoms. The van der Waals surface area contributed by atoms with Crippen LogP contribution in [0.25, 0.3) is 0 Å². The number of hydrogen-bond acceptors (Lipinski definition) is 8. The van der Waals surface area contributed by atoms with E-state index in [9.17, 15) is 28.6 Å². The SMILES string of the molecule is NS(=O)(=O)c1ccc2c(c1)[C@@H]1[C@H](Cl)[C@@H](Sc3ccccc3[N+](=O)[O-])C[C@H]1[C@H](c1cccc([N+](=O)[O-])c1)N2. The molecule has 0 aromatic heterocycles. The number of nitro benzene ring substituents is 2. The first kappa shape index (κ1) is 25.5. The van der Waals surface area contributed by atoms with Gasteiger partial charge in [0.05, 0.1) is 31.1 Å². The number of fused-ring (bicyclic) bond motifs is 3. The Morgan fingerprint density at radius 3 is 2.46 bits per heavy atom. The van der Waals surface area contributed by atoms with E-state index in [1.165, 1.54) is 42.1 Å². The van der Waals surface area contributed by atoms with Crippen molar-refractivity contribution in [3.05, 3.63) is 98.1 Å². The summed E-state index contributed by atoms with van der Waals surface area (Å²) in [4.78, 5) is 22.5. The highest BCUT2D eigenvalue weighted by Crippen LogP contribution is 2.58. The lowest BCUT2D eigenvalue weighted by Gasteiger charge is -2.38. The Morgan fingerprint density at radius 1 is 1.00 bits per heavy atom. The number of nitrogens with one attached hydrogen (secondary N) is 1. The smallest absolute Gasteiger partial charge is 0.282 e. The third-order valence-corrected chi connectivity index (χ3v) is 9.92. The number of rotatable bonds is 6. The summed E-state index contributed by atoms with van der Waals surface area (Å²) in [6.45, 7) is 0. The summed E-state index contributed by atoms with van der Waals surface area (Å²) < 4.78 is 24.2. The molecule has 3 aromatic carbocycles. The standard InChI is InChI=1S/C24H21ClN4O6S2/c25-23-21(36-20-7-2-1-6-19(20)29(32)33)12-17-22(23)16-11-15(37(26,34)35)8-9-18(16)27-24(17)13-4-3-5-14(10-13)28(30)31/h1-11,17,21-24,27H,12H2,(H2,26,34,35)/t17-,21+,22+,23-,24+/m1/s1. The number of primary sulfonamides is 1. The first-order chi connectivity index (χ1) is 17.5. The van der Waals surface area contributed by atoms with Crippen LogP contribution in [-0.4, -0.2) is 28.9 Å². The highest BCUT2D eigenvalue weighted by molar-refractivity contribution is 8.00. The van der Waals surface area contributed by atoms with Gasteiger partial charge >= 0.3 is 0 Å². The molecule has 2 aliphatic rings. The Morgan fingerprint density at radius 2 is 1.76 bits per heavy atom. The van der Waals surface area contributed by atoms with Crippen molar-refractivity contribution >= 4 is 50.4 Å². The molecule has 0 radical (unpaired) electrons. The third kappa shape index (κ3) is 4.77. The first-order valence-corrected chi connectivity index (χ1v) is 14.1. The number of sulfonamides is 1. The number of hydrogen-bond donors (Lipinski definition) is 2. The van der Waals surface area contributed by atoms with Crippen molar-refractivity contribution in [2.24, 2.45) is 11.1 Å². The van der Waals surface area contributed by atoms with Crippen molar-refractivity contribution in [2.45, 2.75) is 38.8 Å². The van der Waals surface area contributed by atoms with Gasteiger partial charge in [0.2, 0.25) is 10.0 Å². The van der Waals surface area contributed by atoms with Crippen LogP contribution in [0, 0.1) is 26.1 Å². The van der Waals surface area contributed by atoms with E-state index < -0.39 is 25.2 Å². The number of nitrogens with two attached hydrogens (primary N) is 1. The van der Waals surface area contributed by atoms with E-state index >= 15 is 0 Å². The van der Waals surface area contributed by atoms with Gasteiger partial charge < -0.3 is 5.32 Å². The molecule has 5 atom stereocenters. The summed E-state index contributed by atoms with van der Waals surface area (Å²) in [5.74, 6) is -0.503. The maximum Gasteiger partial charge on any atom is 0.282 e. The number of halogens is 1. The summed E-state index contributed by atoms with van der Waals surface area (Å²) in [6, 6.07) is 17.0. The third-order valence-electron chi connectivity index (χ3n) is 6.89. The molecule has 0 bridgehead atoms. The van der Waals surface area contributed by atoms with Crippen molar-refractivity contribution in [1.29, 1.82) is 0 Å². The molecule has 0 unspecified atom stereocenters. The normalized spacial score (nSPS) is 24.5. The first-order valence-electron chi connectivity index (χ1n) is 11.3. The van der Waals surface area contributed by atoms with Crippen LogP contribution < -0.4 is 10.5 Å². The molecular weight excluding hydrogens is 540 g/mol. The molecule has 1 saturated carbocycles. The minimum absolute atomic E-state index is 0.0171. The van der Waals surface area contributed by atoms with Crippen molar-refractivity contribution in [1.82, 2.24) is 0 Å². The molecule has 0 amide bonds. The van der Waals surface area contributed by atoms with Gasteiger partial charge in [0.25, 0.3) is 11.4 Å². The minimum atomic E-state index is -3.97. The Bertz CT molecular complexity index is 1520. The van der Waals surface area contributed by atoms with Gasteiger partial charge in [-0.15, -0.1) is 23.4 Å². The van der Waals surface area contributed by atoms with E-state index in [-0.39, 0.29) is 39.4 Å². The lowest BCUT2D eigenvalue weighted by Crippen LogP contribution is -2.31. The van der Waals surface area contributed by atoms with Crippen LogP contribution in [0.2, 0.25) is 0 Å². The summed E-state index contributed by atoms with van der Waals surface area (Å²) in [5.41, 5.74) is 1.98. The van der Waals surface area contributed by atoms with Crippen LogP contribution in [0.3, 0.4) is 0 Å². The van der Waals surface area contributed by atoms with Crippen LogP contribution in [-0.2, 0) is 10.0 Å². The van der Waals surface area contributed by atoms with Gasteiger partial charge in [-0.2, -0.15) is 0 Å². The van der Waals surface area contributed by atoms with Crippen molar-refractivity contribution in [2.75, 3.05) is 5.32 Å². The summed E-state index contributed by atoms with van der Waals surface area (Å²) in [7, 11) is -3.97. The molecule has 3 N–H and O–H groups in total. The molecule has 10 nitrogen and oxygen atoms in total. The fourth-order valence-electron chi connectivity index (χ4n) is 5.30. The van der Waals surface area contributed by atoms with Gasteiger partial charge in [-0.3, -0.25) is 20.2 Å². The van der Waals surface area contributed by atoms with Crippen molar-refractivity contribution in [3.63, 3.8) is 0 Å². The zero-order valence-electron chi connectivity index (χ0n) is 19.1. The topological polar surface area (TPSA) is 158 Å². The second kappa shape index (κ2) is 9.60. The van der Waals surface area contributed by atoms with Crippen LogP contribution in [0.15, 0.2) is 76.5 Å². The molecule has 1 aliphatic heterocycles. The maximum absolute atomic E-state index is 12.1. The number of nitrogens with zero attached hydrogens (tertiary/aromatic N) is 2. The average molecular weight is 561 g/mol. The molecule has 37 heavy (non-hydrogen) atoms. The van der Waals surface area contributed by atoms with E-state index in [4.69, 9.17) is 16.7 Å². The van der Waals surface area contributed by atoms with Crippen molar-refractivity contribution in [3.8, 4) is 0 Å². The Hall–Kier alpha value is -3.19. The summed E-state index contributed by atoms with van der Waals surface area (Å²) >= 11 is 8.37. The zero-order chi connectivity index (χ0) is 26.5. The van der Waals surface area contributed by atoms with Gasteiger partial charge in [-0.05, 0) is 47.7 Å². The summed E-state index contributed by atoms with van der Waals surface area (Å²) in [5, 5.41) is 31.1. The predicted octanol–water partition coefficient (Wildman–Crippen LogP) is 5.19. The van der Waals surface area contributed by atoms with Crippen LogP contribution in [0.5, 0.6) is 0 Å².